The highest BCUT2D eigenvalue weighted by atomic mass is 32.1. The van der Waals surface area contributed by atoms with Gasteiger partial charge in [-0.3, -0.25) is 4.79 Å². The van der Waals surface area contributed by atoms with Crippen LogP contribution in [0.4, 0.5) is 5.13 Å². The fourth-order valence-corrected chi connectivity index (χ4v) is 4.43. The Labute approximate surface area is 105 Å². The molecule has 3 aliphatic rings. The second kappa shape index (κ2) is 3.55. The number of anilines is 1. The quantitative estimate of drug-likeness (QED) is 0.874. The molecule has 0 radical (unpaired) electrons. The minimum Gasteiger partial charge on any atom is -0.302 e. The van der Waals surface area contributed by atoms with Crippen LogP contribution in [0.2, 0.25) is 0 Å². The van der Waals surface area contributed by atoms with Gasteiger partial charge < -0.3 is 5.32 Å². The van der Waals surface area contributed by atoms with Gasteiger partial charge in [-0.2, -0.15) is 0 Å². The van der Waals surface area contributed by atoms with Gasteiger partial charge in [0.2, 0.25) is 5.91 Å². The number of aryl methyl sites for hydroxylation is 2. The second-order valence-electron chi connectivity index (χ2n) is 5.66. The van der Waals surface area contributed by atoms with Crippen LogP contribution in [0.25, 0.3) is 0 Å². The largest absolute Gasteiger partial charge is 0.302 e. The highest BCUT2D eigenvalue weighted by Crippen LogP contribution is 2.54. The predicted octanol–water partition coefficient (Wildman–Crippen LogP) is 2.62. The fraction of sp³-hybridized carbons (Fsp3) is 0.692. The van der Waals surface area contributed by atoms with Crippen LogP contribution in [0, 0.1) is 17.8 Å². The molecule has 3 aliphatic carbocycles. The fourth-order valence-electron chi connectivity index (χ4n) is 3.38. The molecule has 4 rings (SSSR count). The number of amides is 1. The lowest BCUT2D eigenvalue weighted by molar-refractivity contribution is -0.120. The van der Waals surface area contributed by atoms with Crippen molar-refractivity contribution in [2.24, 2.45) is 17.8 Å². The van der Waals surface area contributed by atoms with E-state index in [1.165, 1.54) is 23.4 Å². The van der Waals surface area contributed by atoms with Gasteiger partial charge in [-0.25, -0.2) is 4.98 Å². The molecule has 0 aliphatic heterocycles. The maximum atomic E-state index is 12.1. The standard InChI is InChI=1S/C13H16N2OS/c16-12(9-5-7-4-8(7)6-9)15-13-14-10-2-1-3-11(10)17-13/h7-9H,1-6H2,(H,14,15,16). The van der Waals surface area contributed by atoms with Crippen LogP contribution >= 0.6 is 11.3 Å². The van der Waals surface area contributed by atoms with Crippen molar-refractivity contribution >= 4 is 22.4 Å². The molecule has 1 amide bonds. The van der Waals surface area contributed by atoms with Crippen LogP contribution in [-0.2, 0) is 17.6 Å². The summed E-state index contributed by atoms with van der Waals surface area (Å²) < 4.78 is 0. The van der Waals surface area contributed by atoms with Crippen molar-refractivity contribution in [3.8, 4) is 0 Å². The van der Waals surface area contributed by atoms with Gasteiger partial charge in [-0.15, -0.1) is 11.3 Å². The van der Waals surface area contributed by atoms with E-state index in [1.807, 2.05) is 0 Å². The lowest BCUT2D eigenvalue weighted by Crippen LogP contribution is -2.21. The Morgan fingerprint density at radius 1 is 1.24 bits per heavy atom. The van der Waals surface area contributed by atoms with Crippen LogP contribution in [0.3, 0.4) is 0 Å². The van der Waals surface area contributed by atoms with Gasteiger partial charge in [-0.1, -0.05) is 0 Å². The number of aromatic nitrogens is 1. The minimum absolute atomic E-state index is 0.213. The van der Waals surface area contributed by atoms with Gasteiger partial charge in [0, 0.05) is 10.8 Å². The first-order valence-electron chi connectivity index (χ1n) is 6.59. The van der Waals surface area contributed by atoms with Gasteiger partial charge in [0.15, 0.2) is 5.13 Å². The van der Waals surface area contributed by atoms with Crippen molar-refractivity contribution in [3.05, 3.63) is 10.6 Å². The lowest BCUT2D eigenvalue weighted by atomic mass is 10.0. The zero-order valence-electron chi connectivity index (χ0n) is 9.74. The van der Waals surface area contributed by atoms with Crippen LogP contribution in [0.1, 0.15) is 36.3 Å². The first kappa shape index (κ1) is 10.1. The number of thiazole rings is 1. The number of carbonyl (C=O) groups excluding carboxylic acids is 1. The number of hydrogen-bond donors (Lipinski definition) is 1. The monoisotopic (exact) mass is 248 g/mol. The first-order valence-corrected chi connectivity index (χ1v) is 7.40. The zero-order valence-corrected chi connectivity index (χ0v) is 10.6. The maximum absolute atomic E-state index is 12.1. The highest BCUT2D eigenvalue weighted by molar-refractivity contribution is 7.15. The average molecular weight is 248 g/mol. The molecule has 2 fully saturated rings. The van der Waals surface area contributed by atoms with E-state index in [2.05, 4.69) is 10.3 Å². The lowest BCUT2D eigenvalue weighted by Gasteiger charge is -2.10. The van der Waals surface area contributed by atoms with Crippen molar-refractivity contribution in [1.29, 1.82) is 0 Å². The van der Waals surface area contributed by atoms with Crippen LogP contribution in [-0.4, -0.2) is 10.9 Å². The molecule has 0 bridgehead atoms. The van der Waals surface area contributed by atoms with E-state index in [4.69, 9.17) is 0 Å². The van der Waals surface area contributed by atoms with Crippen molar-refractivity contribution in [2.75, 3.05) is 5.32 Å². The Bertz CT molecular complexity index is 450. The molecule has 1 heterocycles. The maximum Gasteiger partial charge on any atom is 0.229 e. The third-order valence-electron chi connectivity index (χ3n) is 4.44. The summed E-state index contributed by atoms with van der Waals surface area (Å²) >= 11 is 1.68. The molecule has 1 aromatic heterocycles. The Morgan fingerprint density at radius 3 is 2.82 bits per heavy atom. The van der Waals surface area contributed by atoms with Gasteiger partial charge in [0.05, 0.1) is 5.69 Å². The van der Waals surface area contributed by atoms with Gasteiger partial charge >= 0.3 is 0 Å². The molecule has 2 unspecified atom stereocenters. The third-order valence-corrected chi connectivity index (χ3v) is 5.51. The summed E-state index contributed by atoms with van der Waals surface area (Å²) in [6.07, 6.45) is 7.07. The smallest absolute Gasteiger partial charge is 0.229 e. The molecule has 17 heavy (non-hydrogen) atoms. The summed E-state index contributed by atoms with van der Waals surface area (Å²) in [6.45, 7) is 0. The molecule has 2 saturated carbocycles. The van der Waals surface area contributed by atoms with E-state index in [-0.39, 0.29) is 11.8 Å². The Hall–Kier alpha value is -0.900. The molecule has 0 aromatic carbocycles. The predicted molar refractivity (Wildman–Crippen MR) is 67.1 cm³/mol. The van der Waals surface area contributed by atoms with E-state index in [0.29, 0.717) is 0 Å². The Morgan fingerprint density at radius 2 is 2.06 bits per heavy atom. The molecule has 2 atom stereocenters. The van der Waals surface area contributed by atoms with Crippen LogP contribution < -0.4 is 5.32 Å². The second-order valence-corrected chi connectivity index (χ2v) is 6.74. The summed E-state index contributed by atoms with van der Waals surface area (Å²) in [5.41, 5.74) is 1.22. The van der Waals surface area contributed by atoms with E-state index >= 15 is 0 Å². The van der Waals surface area contributed by atoms with Crippen molar-refractivity contribution < 1.29 is 4.79 Å². The number of hydrogen-bond acceptors (Lipinski definition) is 3. The summed E-state index contributed by atoms with van der Waals surface area (Å²) in [7, 11) is 0. The summed E-state index contributed by atoms with van der Waals surface area (Å²) in [5.74, 6) is 2.21. The van der Waals surface area contributed by atoms with Crippen molar-refractivity contribution in [1.82, 2.24) is 4.98 Å². The Kier molecular flexibility index (Phi) is 2.10. The molecule has 4 heteroatoms. The number of rotatable bonds is 2. The average Bonchev–Trinajstić information content (AvgIpc) is 2.72. The van der Waals surface area contributed by atoms with Gasteiger partial charge in [0.25, 0.3) is 0 Å². The molecule has 1 N–H and O–H groups in total. The number of nitrogens with zero attached hydrogens (tertiary/aromatic N) is 1. The summed E-state index contributed by atoms with van der Waals surface area (Å²) in [4.78, 5) is 18.0. The first-order chi connectivity index (χ1) is 8.29. The van der Waals surface area contributed by atoms with Gasteiger partial charge in [-0.05, 0) is 50.4 Å². The van der Waals surface area contributed by atoms with E-state index < -0.39 is 0 Å². The highest BCUT2D eigenvalue weighted by Gasteiger charge is 2.48. The van der Waals surface area contributed by atoms with E-state index in [9.17, 15) is 4.79 Å². The number of carbonyl (C=O) groups is 1. The van der Waals surface area contributed by atoms with Crippen LogP contribution in [0.15, 0.2) is 0 Å². The molecule has 1 aromatic rings. The molecule has 0 spiro atoms. The molecule has 0 saturated heterocycles. The van der Waals surface area contributed by atoms with E-state index in [0.717, 1.165) is 42.7 Å². The van der Waals surface area contributed by atoms with Crippen LogP contribution in [0.5, 0.6) is 0 Å². The van der Waals surface area contributed by atoms with Crippen molar-refractivity contribution in [2.45, 2.75) is 38.5 Å². The number of fused-ring (bicyclic) bond motifs is 2. The molecular weight excluding hydrogens is 232 g/mol. The van der Waals surface area contributed by atoms with E-state index in [1.54, 1.807) is 11.3 Å². The number of nitrogens with one attached hydrogen (secondary N) is 1. The third kappa shape index (κ3) is 1.69. The summed E-state index contributed by atoms with van der Waals surface area (Å²) in [6, 6.07) is 0. The molecule has 3 nitrogen and oxygen atoms in total. The minimum atomic E-state index is 0.213. The topological polar surface area (TPSA) is 42.0 Å². The summed E-state index contributed by atoms with van der Waals surface area (Å²) in [5, 5.41) is 3.86. The molecule has 90 valence electrons. The molecular formula is C13H16N2OS. The zero-order chi connectivity index (χ0) is 11.4. The SMILES string of the molecule is O=C(Nc1nc2c(s1)CCC2)C1CC2CC2C1. The normalized spacial score (nSPS) is 33.3. The Balaban J connectivity index is 1.44. The van der Waals surface area contributed by atoms with Gasteiger partial charge in [0.1, 0.15) is 0 Å². The van der Waals surface area contributed by atoms with Crippen molar-refractivity contribution in [3.63, 3.8) is 0 Å².